The minimum atomic E-state index is -0.473. The van der Waals surface area contributed by atoms with E-state index >= 15 is 0 Å². The molecular weight excluding hydrogens is 282 g/mol. The topological polar surface area (TPSA) is 84.1 Å². The summed E-state index contributed by atoms with van der Waals surface area (Å²) in [5.41, 5.74) is -0.473. The third-order valence-corrected chi connectivity index (χ3v) is 5.55. The molecule has 1 heterocycles. The molecule has 1 aromatic rings. The average Bonchev–Trinajstić information content (AvgIpc) is 2.48. The predicted octanol–water partition coefficient (Wildman–Crippen LogP) is 1.09. The first-order valence-corrected chi connectivity index (χ1v) is 8.15. The Labute approximate surface area is 128 Å². The number of nitrogens with zero attached hydrogens (tertiary/aromatic N) is 1. The molecule has 0 aromatic carbocycles. The van der Waals surface area contributed by atoms with Crippen molar-refractivity contribution in [2.45, 2.75) is 38.1 Å². The van der Waals surface area contributed by atoms with E-state index in [9.17, 15) is 9.59 Å². The standard InChI is InChI=1S/C16H21N3O3/c20-13(8-22-14-1-2-17-16(21)19-14)18-15-11-4-9-3-10(6-11)7-12(15)5-9/h1-2,9-12,15H,3-8H2,(H,18,20)(H,17,19,21). The van der Waals surface area contributed by atoms with Gasteiger partial charge in [0.05, 0.1) is 0 Å². The van der Waals surface area contributed by atoms with Crippen LogP contribution in [0.1, 0.15) is 32.1 Å². The third kappa shape index (κ3) is 2.62. The number of amides is 1. The lowest BCUT2D eigenvalue weighted by molar-refractivity contribution is -0.127. The number of ether oxygens (including phenoxy) is 1. The van der Waals surface area contributed by atoms with Crippen molar-refractivity contribution in [3.8, 4) is 5.88 Å². The molecule has 118 valence electrons. The highest BCUT2D eigenvalue weighted by Crippen LogP contribution is 2.53. The van der Waals surface area contributed by atoms with Crippen LogP contribution in [0.3, 0.4) is 0 Å². The first-order valence-electron chi connectivity index (χ1n) is 8.15. The van der Waals surface area contributed by atoms with Gasteiger partial charge in [0.1, 0.15) is 0 Å². The second-order valence-electron chi connectivity index (χ2n) is 7.05. The summed E-state index contributed by atoms with van der Waals surface area (Å²) in [5.74, 6) is 3.17. The summed E-state index contributed by atoms with van der Waals surface area (Å²) in [5, 5.41) is 3.17. The zero-order chi connectivity index (χ0) is 15.1. The quantitative estimate of drug-likeness (QED) is 0.872. The molecule has 0 atom stereocenters. The van der Waals surface area contributed by atoms with Crippen molar-refractivity contribution < 1.29 is 9.53 Å². The molecule has 4 saturated carbocycles. The normalized spacial score (nSPS) is 35.4. The Kier molecular flexibility index (Phi) is 3.39. The van der Waals surface area contributed by atoms with Crippen LogP contribution in [0.15, 0.2) is 17.1 Å². The number of carbonyl (C=O) groups excluding carboxylic acids is 1. The van der Waals surface area contributed by atoms with Crippen LogP contribution in [0, 0.1) is 23.7 Å². The predicted molar refractivity (Wildman–Crippen MR) is 79.3 cm³/mol. The van der Waals surface area contributed by atoms with Crippen LogP contribution >= 0.6 is 0 Å². The summed E-state index contributed by atoms with van der Waals surface area (Å²) in [6.07, 6.45) is 7.96. The maximum absolute atomic E-state index is 12.1. The number of carbonyl (C=O) groups is 1. The van der Waals surface area contributed by atoms with Crippen LogP contribution in [0.2, 0.25) is 0 Å². The molecule has 5 rings (SSSR count). The van der Waals surface area contributed by atoms with Gasteiger partial charge in [0.25, 0.3) is 5.91 Å². The second kappa shape index (κ2) is 5.41. The molecule has 4 bridgehead atoms. The lowest BCUT2D eigenvalue weighted by Gasteiger charge is -2.54. The molecule has 6 heteroatoms. The van der Waals surface area contributed by atoms with E-state index in [1.165, 1.54) is 44.4 Å². The fourth-order valence-corrected chi connectivity index (χ4v) is 4.96. The van der Waals surface area contributed by atoms with E-state index < -0.39 is 5.69 Å². The minimum Gasteiger partial charge on any atom is -0.467 e. The summed E-state index contributed by atoms with van der Waals surface area (Å²) >= 11 is 0. The summed E-state index contributed by atoms with van der Waals surface area (Å²) in [6.45, 7) is -0.0841. The molecule has 0 spiro atoms. The van der Waals surface area contributed by atoms with Crippen molar-refractivity contribution in [1.29, 1.82) is 0 Å². The number of aromatic nitrogens is 2. The van der Waals surface area contributed by atoms with Crippen molar-refractivity contribution in [2.24, 2.45) is 23.7 Å². The van der Waals surface area contributed by atoms with E-state index in [2.05, 4.69) is 15.3 Å². The maximum Gasteiger partial charge on any atom is 0.348 e. The van der Waals surface area contributed by atoms with Crippen molar-refractivity contribution in [1.82, 2.24) is 15.3 Å². The second-order valence-corrected chi connectivity index (χ2v) is 7.05. The van der Waals surface area contributed by atoms with E-state index in [1.54, 1.807) is 0 Å². The van der Waals surface area contributed by atoms with Gasteiger partial charge in [0, 0.05) is 18.3 Å². The SMILES string of the molecule is O=C(COc1cc[nH]c(=O)n1)NC1C2CC3CC(C2)CC1C3. The van der Waals surface area contributed by atoms with Gasteiger partial charge in [-0.3, -0.25) is 4.79 Å². The first kappa shape index (κ1) is 13.8. The Morgan fingerprint density at radius 1 is 1.23 bits per heavy atom. The van der Waals surface area contributed by atoms with Gasteiger partial charge in [-0.15, -0.1) is 0 Å². The van der Waals surface area contributed by atoms with E-state index in [4.69, 9.17) is 4.74 Å². The average molecular weight is 303 g/mol. The zero-order valence-electron chi connectivity index (χ0n) is 12.5. The van der Waals surface area contributed by atoms with E-state index in [0.29, 0.717) is 17.9 Å². The molecule has 6 nitrogen and oxygen atoms in total. The van der Waals surface area contributed by atoms with Crippen LogP contribution in [-0.4, -0.2) is 28.5 Å². The molecule has 0 radical (unpaired) electrons. The molecule has 0 unspecified atom stereocenters. The molecule has 4 aliphatic carbocycles. The molecule has 0 aliphatic heterocycles. The Hall–Kier alpha value is -1.85. The van der Waals surface area contributed by atoms with Crippen LogP contribution < -0.4 is 15.7 Å². The fourth-order valence-electron chi connectivity index (χ4n) is 4.96. The van der Waals surface area contributed by atoms with Gasteiger partial charge in [-0.2, -0.15) is 4.98 Å². The molecule has 2 N–H and O–H groups in total. The van der Waals surface area contributed by atoms with Gasteiger partial charge in [-0.1, -0.05) is 0 Å². The zero-order valence-corrected chi connectivity index (χ0v) is 12.5. The van der Waals surface area contributed by atoms with Crippen molar-refractivity contribution in [3.63, 3.8) is 0 Å². The van der Waals surface area contributed by atoms with Crippen LogP contribution in [0.25, 0.3) is 0 Å². The van der Waals surface area contributed by atoms with Crippen molar-refractivity contribution in [2.75, 3.05) is 6.61 Å². The number of H-pyrrole nitrogens is 1. The summed E-state index contributed by atoms with van der Waals surface area (Å²) < 4.78 is 5.30. The number of rotatable bonds is 4. The summed E-state index contributed by atoms with van der Waals surface area (Å²) in [6, 6.07) is 1.86. The van der Waals surface area contributed by atoms with Gasteiger partial charge in [-0.25, -0.2) is 4.79 Å². The number of hydrogen-bond acceptors (Lipinski definition) is 4. The van der Waals surface area contributed by atoms with Crippen LogP contribution in [0.4, 0.5) is 0 Å². The molecule has 1 amide bonds. The van der Waals surface area contributed by atoms with Crippen molar-refractivity contribution >= 4 is 5.91 Å². The van der Waals surface area contributed by atoms with Gasteiger partial charge in [-0.05, 0) is 55.8 Å². The Morgan fingerprint density at radius 2 is 1.91 bits per heavy atom. The largest absolute Gasteiger partial charge is 0.467 e. The lowest BCUT2D eigenvalue weighted by Crippen LogP contribution is -2.56. The van der Waals surface area contributed by atoms with E-state index in [-0.39, 0.29) is 18.4 Å². The molecular formula is C16H21N3O3. The van der Waals surface area contributed by atoms with E-state index in [1.807, 2.05) is 0 Å². The monoisotopic (exact) mass is 303 g/mol. The van der Waals surface area contributed by atoms with Crippen LogP contribution in [0.5, 0.6) is 5.88 Å². The first-order chi connectivity index (χ1) is 10.7. The molecule has 4 fully saturated rings. The van der Waals surface area contributed by atoms with Crippen molar-refractivity contribution in [3.05, 3.63) is 22.7 Å². The van der Waals surface area contributed by atoms with Crippen LogP contribution in [-0.2, 0) is 4.79 Å². The van der Waals surface area contributed by atoms with E-state index in [0.717, 1.165) is 11.8 Å². The maximum atomic E-state index is 12.1. The highest BCUT2D eigenvalue weighted by atomic mass is 16.5. The number of aromatic amines is 1. The lowest BCUT2D eigenvalue weighted by atomic mass is 9.54. The molecule has 0 saturated heterocycles. The minimum absolute atomic E-state index is 0.0841. The highest BCUT2D eigenvalue weighted by molar-refractivity contribution is 5.77. The Bertz CT molecular complexity index is 599. The number of hydrogen-bond donors (Lipinski definition) is 2. The Balaban J connectivity index is 1.33. The van der Waals surface area contributed by atoms with Gasteiger partial charge in [0.15, 0.2) is 6.61 Å². The Morgan fingerprint density at radius 3 is 2.55 bits per heavy atom. The highest BCUT2D eigenvalue weighted by Gasteiger charge is 2.48. The smallest absolute Gasteiger partial charge is 0.348 e. The van der Waals surface area contributed by atoms with Gasteiger partial charge < -0.3 is 15.0 Å². The molecule has 22 heavy (non-hydrogen) atoms. The summed E-state index contributed by atoms with van der Waals surface area (Å²) in [4.78, 5) is 29.3. The van der Waals surface area contributed by atoms with Gasteiger partial charge >= 0.3 is 5.69 Å². The number of nitrogens with one attached hydrogen (secondary N) is 2. The molecule has 4 aliphatic rings. The van der Waals surface area contributed by atoms with Gasteiger partial charge in [0.2, 0.25) is 5.88 Å². The summed E-state index contributed by atoms with van der Waals surface area (Å²) in [7, 11) is 0. The third-order valence-electron chi connectivity index (χ3n) is 5.55. The molecule has 1 aromatic heterocycles. The fraction of sp³-hybridized carbons (Fsp3) is 0.688.